The van der Waals surface area contributed by atoms with E-state index < -0.39 is 0 Å². The van der Waals surface area contributed by atoms with Gasteiger partial charge in [0.1, 0.15) is 12.1 Å². The van der Waals surface area contributed by atoms with Crippen LogP contribution in [0.15, 0.2) is 36.1 Å². The van der Waals surface area contributed by atoms with Crippen molar-refractivity contribution in [3.05, 3.63) is 41.0 Å². The van der Waals surface area contributed by atoms with Crippen LogP contribution in [-0.4, -0.2) is 16.5 Å². The van der Waals surface area contributed by atoms with Crippen LogP contribution in [0.4, 0.5) is 5.82 Å². The quantitative estimate of drug-likeness (QED) is 0.882. The monoisotopic (exact) mass is 233 g/mol. The second kappa shape index (κ2) is 4.61. The molecule has 0 amide bonds. The van der Waals surface area contributed by atoms with Crippen molar-refractivity contribution in [1.82, 2.24) is 9.97 Å². The van der Waals surface area contributed by atoms with E-state index in [4.69, 9.17) is 0 Å². The molecule has 0 aliphatic rings. The van der Waals surface area contributed by atoms with Gasteiger partial charge in [-0.1, -0.05) is 19.9 Å². The first-order valence-electron chi connectivity index (χ1n) is 5.22. The summed E-state index contributed by atoms with van der Waals surface area (Å²) in [6.45, 7) is 5.32. The van der Waals surface area contributed by atoms with Crippen molar-refractivity contribution in [1.29, 1.82) is 0 Å². The lowest BCUT2D eigenvalue weighted by Crippen LogP contribution is -2.26. The molecule has 0 aromatic carbocycles. The van der Waals surface area contributed by atoms with Gasteiger partial charge in [0, 0.05) is 23.0 Å². The summed E-state index contributed by atoms with van der Waals surface area (Å²) in [5, 5.41) is 5.44. The molecule has 3 nitrogen and oxygen atoms in total. The van der Waals surface area contributed by atoms with E-state index in [2.05, 4.69) is 46.6 Å². The minimum absolute atomic E-state index is 0.124. The highest BCUT2D eigenvalue weighted by molar-refractivity contribution is 7.10. The van der Waals surface area contributed by atoms with Crippen molar-refractivity contribution >= 4 is 17.2 Å². The number of thiophene rings is 1. The minimum Gasteiger partial charge on any atom is -0.369 e. The van der Waals surface area contributed by atoms with Crippen LogP contribution < -0.4 is 5.32 Å². The van der Waals surface area contributed by atoms with E-state index in [1.165, 1.54) is 4.88 Å². The lowest BCUT2D eigenvalue weighted by molar-refractivity contribution is 0.568. The highest BCUT2D eigenvalue weighted by Gasteiger charge is 2.21. The SMILES string of the molecule is CC(C)(CNc1ccncn1)c1cccs1. The smallest absolute Gasteiger partial charge is 0.129 e. The van der Waals surface area contributed by atoms with Gasteiger partial charge in [0.15, 0.2) is 0 Å². The van der Waals surface area contributed by atoms with Gasteiger partial charge in [-0.2, -0.15) is 0 Å². The van der Waals surface area contributed by atoms with Gasteiger partial charge in [-0.3, -0.25) is 0 Å². The van der Waals surface area contributed by atoms with Crippen LogP contribution in [0.3, 0.4) is 0 Å². The lowest BCUT2D eigenvalue weighted by Gasteiger charge is -2.23. The summed E-state index contributed by atoms with van der Waals surface area (Å²) in [6.07, 6.45) is 3.30. The van der Waals surface area contributed by atoms with Crippen molar-refractivity contribution in [2.75, 3.05) is 11.9 Å². The lowest BCUT2D eigenvalue weighted by atomic mass is 9.91. The number of aromatic nitrogens is 2. The summed E-state index contributed by atoms with van der Waals surface area (Å²) >= 11 is 1.79. The van der Waals surface area contributed by atoms with Crippen LogP contribution in [-0.2, 0) is 5.41 Å². The molecule has 2 aromatic heterocycles. The molecule has 0 atom stereocenters. The molecule has 0 saturated carbocycles. The molecule has 2 rings (SSSR count). The Morgan fingerprint density at radius 2 is 2.25 bits per heavy atom. The van der Waals surface area contributed by atoms with Gasteiger partial charge in [0.2, 0.25) is 0 Å². The van der Waals surface area contributed by atoms with Crippen LogP contribution in [0.5, 0.6) is 0 Å². The second-order valence-electron chi connectivity index (χ2n) is 4.31. The van der Waals surface area contributed by atoms with Gasteiger partial charge >= 0.3 is 0 Å². The molecule has 2 aromatic rings. The summed E-state index contributed by atoms with van der Waals surface area (Å²) < 4.78 is 0. The fraction of sp³-hybridized carbons (Fsp3) is 0.333. The van der Waals surface area contributed by atoms with E-state index in [0.717, 1.165) is 12.4 Å². The summed E-state index contributed by atoms with van der Waals surface area (Å²) in [5.74, 6) is 0.875. The normalized spacial score (nSPS) is 11.4. The number of anilines is 1. The van der Waals surface area contributed by atoms with E-state index in [0.29, 0.717) is 0 Å². The number of hydrogen-bond acceptors (Lipinski definition) is 4. The molecule has 4 heteroatoms. The van der Waals surface area contributed by atoms with Crippen molar-refractivity contribution in [2.45, 2.75) is 19.3 Å². The van der Waals surface area contributed by atoms with Crippen LogP contribution in [0.2, 0.25) is 0 Å². The average molecular weight is 233 g/mol. The fourth-order valence-electron chi connectivity index (χ4n) is 1.46. The van der Waals surface area contributed by atoms with Crippen LogP contribution in [0, 0.1) is 0 Å². The van der Waals surface area contributed by atoms with Crippen molar-refractivity contribution in [3.8, 4) is 0 Å². The highest BCUT2D eigenvalue weighted by Crippen LogP contribution is 2.27. The zero-order valence-corrected chi connectivity index (χ0v) is 10.3. The van der Waals surface area contributed by atoms with Crippen LogP contribution in [0.25, 0.3) is 0 Å². The van der Waals surface area contributed by atoms with E-state index in [9.17, 15) is 0 Å². The third-order valence-corrected chi connectivity index (χ3v) is 3.72. The van der Waals surface area contributed by atoms with Crippen molar-refractivity contribution < 1.29 is 0 Å². The predicted octanol–water partition coefficient (Wildman–Crippen LogP) is 2.93. The molecule has 0 unspecified atom stereocenters. The molecule has 0 radical (unpaired) electrons. The van der Waals surface area contributed by atoms with E-state index >= 15 is 0 Å². The van der Waals surface area contributed by atoms with Gasteiger partial charge in [0.25, 0.3) is 0 Å². The van der Waals surface area contributed by atoms with E-state index in [-0.39, 0.29) is 5.41 Å². The van der Waals surface area contributed by atoms with Crippen molar-refractivity contribution in [3.63, 3.8) is 0 Å². The molecule has 0 spiro atoms. The van der Waals surface area contributed by atoms with Crippen LogP contribution >= 0.6 is 11.3 Å². The Morgan fingerprint density at radius 1 is 1.38 bits per heavy atom. The number of nitrogens with one attached hydrogen (secondary N) is 1. The molecule has 1 N–H and O–H groups in total. The summed E-state index contributed by atoms with van der Waals surface area (Å²) in [4.78, 5) is 9.42. The average Bonchev–Trinajstić information content (AvgIpc) is 2.82. The third kappa shape index (κ3) is 2.58. The largest absolute Gasteiger partial charge is 0.369 e. The first-order chi connectivity index (χ1) is 7.68. The van der Waals surface area contributed by atoms with Gasteiger partial charge < -0.3 is 5.32 Å². The summed E-state index contributed by atoms with van der Waals surface area (Å²) in [6, 6.07) is 6.14. The molecule has 0 fully saturated rings. The Kier molecular flexibility index (Phi) is 3.19. The Balaban J connectivity index is 2.00. The standard InChI is InChI=1S/C12H15N3S/c1-12(2,10-4-3-7-16-10)8-14-11-5-6-13-9-15-11/h3-7,9H,8H2,1-2H3,(H,13,14,15). The molecular formula is C12H15N3S. The summed E-state index contributed by atoms with van der Waals surface area (Å²) in [5.41, 5.74) is 0.124. The van der Waals surface area contributed by atoms with Crippen molar-refractivity contribution in [2.24, 2.45) is 0 Å². The Hall–Kier alpha value is -1.42. The molecule has 0 saturated heterocycles. The molecule has 84 valence electrons. The number of hydrogen-bond donors (Lipinski definition) is 1. The third-order valence-electron chi connectivity index (χ3n) is 2.48. The minimum atomic E-state index is 0.124. The number of rotatable bonds is 4. The zero-order valence-electron chi connectivity index (χ0n) is 9.47. The Bertz CT molecular complexity index is 423. The first-order valence-corrected chi connectivity index (χ1v) is 6.10. The molecule has 16 heavy (non-hydrogen) atoms. The molecule has 2 heterocycles. The van der Waals surface area contributed by atoms with Gasteiger partial charge in [0.05, 0.1) is 0 Å². The maximum Gasteiger partial charge on any atom is 0.129 e. The topological polar surface area (TPSA) is 37.8 Å². The molecular weight excluding hydrogens is 218 g/mol. The van der Waals surface area contributed by atoms with Gasteiger partial charge in [-0.05, 0) is 17.5 Å². The van der Waals surface area contributed by atoms with E-state index in [1.54, 1.807) is 23.9 Å². The maximum absolute atomic E-state index is 4.14. The number of nitrogens with zero attached hydrogens (tertiary/aromatic N) is 2. The Morgan fingerprint density at radius 3 is 2.88 bits per heavy atom. The van der Waals surface area contributed by atoms with Gasteiger partial charge in [-0.15, -0.1) is 11.3 Å². The molecule has 0 aliphatic heterocycles. The van der Waals surface area contributed by atoms with E-state index in [1.807, 2.05) is 6.07 Å². The highest BCUT2D eigenvalue weighted by atomic mass is 32.1. The first kappa shape index (κ1) is 11.1. The maximum atomic E-state index is 4.14. The Labute approximate surface area is 99.6 Å². The van der Waals surface area contributed by atoms with Gasteiger partial charge in [-0.25, -0.2) is 9.97 Å². The van der Waals surface area contributed by atoms with Crippen LogP contribution in [0.1, 0.15) is 18.7 Å². The summed E-state index contributed by atoms with van der Waals surface area (Å²) in [7, 11) is 0. The predicted molar refractivity (Wildman–Crippen MR) is 67.9 cm³/mol. The fourth-order valence-corrected chi connectivity index (χ4v) is 2.31. The second-order valence-corrected chi connectivity index (χ2v) is 5.26. The zero-order chi connectivity index (χ0) is 11.4. The molecule has 0 aliphatic carbocycles. The molecule has 0 bridgehead atoms.